The zero-order valence-corrected chi connectivity index (χ0v) is 17.4. The van der Waals surface area contributed by atoms with Crippen LogP contribution in [0.25, 0.3) is 0 Å². The Bertz CT molecular complexity index is 780. The van der Waals surface area contributed by atoms with Crippen LogP contribution in [-0.4, -0.2) is 68.0 Å². The fourth-order valence-corrected chi connectivity index (χ4v) is 5.78. The molecular weight excluding hydrogens is 380 g/mol. The molecule has 1 aromatic carbocycles. The molecule has 28 heavy (non-hydrogen) atoms. The van der Waals surface area contributed by atoms with Crippen molar-refractivity contribution >= 4 is 15.9 Å². The van der Waals surface area contributed by atoms with Crippen LogP contribution in [0.1, 0.15) is 38.5 Å². The second kappa shape index (κ2) is 8.80. The molecule has 1 saturated heterocycles. The second-order valence-corrected chi connectivity index (χ2v) is 9.68. The molecule has 1 saturated carbocycles. The first-order valence-electron chi connectivity index (χ1n) is 9.93. The number of aliphatic hydroxyl groups is 1. The number of benzene rings is 1. The van der Waals surface area contributed by atoms with Crippen molar-refractivity contribution < 1.29 is 23.1 Å². The standard InChI is InChI=1S/C20H30N2O5S/c1-21(18-7-3-4-8-19(18)23)20(24)15-6-5-13-22(14-15)28(25,26)17-11-9-16(27-2)10-12-17/h9-12,15,18-19,23H,3-8,13-14H2,1-2H3/t15-,18-,19+/m0/s1. The van der Waals surface area contributed by atoms with Crippen molar-refractivity contribution in [2.45, 2.75) is 55.6 Å². The normalized spacial score (nSPS) is 26.6. The van der Waals surface area contributed by atoms with Crippen molar-refractivity contribution in [2.24, 2.45) is 5.92 Å². The number of carbonyl (C=O) groups excluding carboxylic acids is 1. The van der Waals surface area contributed by atoms with Crippen LogP contribution in [0.4, 0.5) is 0 Å². The van der Waals surface area contributed by atoms with Crippen LogP contribution in [0.15, 0.2) is 29.2 Å². The van der Waals surface area contributed by atoms with Gasteiger partial charge in [-0.05, 0) is 49.9 Å². The van der Waals surface area contributed by atoms with Gasteiger partial charge in [0, 0.05) is 20.1 Å². The van der Waals surface area contributed by atoms with Gasteiger partial charge in [0.2, 0.25) is 15.9 Å². The molecule has 3 atom stereocenters. The molecule has 1 amide bonds. The summed E-state index contributed by atoms with van der Waals surface area (Å²) >= 11 is 0. The highest BCUT2D eigenvalue weighted by Gasteiger charge is 2.37. The SMILES string of the molecule is COc1ccc(S(=O)(=O)N2CCC[C@H](C(=O)N(C)[C@H]3CCCC[C@H]3O)C2)cc1. The van der Waals surface area contributed by atoms with Crippen LogP contribution in [0.5, 0.6) is 5.75 Å². The Hall–Kier alpha value is -1.64. The third-order valence-electron chi connectivity index (χ3n) is 5.97. The number of amides is 1. The summed E-state index contributed by atoms with van der Waals surface area (Å²) in [5, 5.41) is 10.2. The molecule has 2 fully saturated rings. The van der Waals surface area contributed by atoms with Crippen LogP contribution in [-0.2, 0) is 14.8 Å². The zero-order valence-electron chi connectivity index (χ0n) is 16.6. The first-order chi connectivity index (χ1) is 13.3. The Morgan fingerprint density at radius 3 is 2.46 bits per heavy atom. The number of methoxy groups -OCH3 is 1. The minimum absolute atomic E-state index is 0.0689. The van der Waals surface area contributed by atoms with Gasteiger partial charge in [-0.15, -0.1) is 0 Å². The van der Waals surface area contributed by atoms with E-state index in [1.54, 1.807) is 24.1 Å². The van der Waals surface area contributed by atoms with Gasteiger partial charge in [-0.3, -0.25) is 4.79 Å². The molecule has 2 aliphatic rings. The summed E-state index contributed by atoms with van der Waals surface area (Å²) < 4.78 is 32.5. The van der Waals surface area contributed by atoms with Crippen molar-refractivity contribution in [3.63, 3.8) is 0 Å². The minimum Gasteiger partial charge on any atom is -0.497 e. The average molecular weight is 411 g/mol. The Labute approximate surface area is 167 Å². The van der Waals surface area contributed by atoms with Crippen molar-refractivity contribution in [3.05, 3.63) is 24.3 Å². The van der Waals surface area contributed by atoms with E-state index in [0.29, 0.717) is 31.6 Å². The number of nitrogens with zero attached hydrogens (tertiary/aromatic N) is 2. The van der Waals surface area contributed by atoms with Gasteiger partial charge in [0.1, 0.15) is 5.75 Å². The van der Waals surface area contributed by atoms with E-state index in [1.807, 2.05) is 0 Å². The lowest BCUT2D eigenvalue weighted by Gasteiger charge is -2.39. The molecular formula is C20H30N2O5S. The maximum absolute atomic E-state index is 13.0. The maximum atomic E-state index is 13.0. The smallest absolute Gasteiger partial charge is 0.243 e. The summed E-state index contributed by atoms with van der Waals surface area (Å²) in [6.07, 6.45) is 4.31. The molecule has 1 heterocycles. The number of hydrogen-bond donors (Lipinski definition) is 1. The molecule has 1 aliphatic carbocycles. The molecule has 0 bridgehead atoms. The Kier molecular flexibility index (Phi) is 6.62. The Balaban J connectivity index is 1.71. The van der Waals surface area contributed by atoms with Crippen LogP contribution < -0.4 is 4.74 Å². The fraction of sp³-hybridized carbons (Fsp3) is 0.650. The molecule has 1 N–H and O–H groups in total. The minimum atomic E-state index is -3.66. The summed E-state index contributed by atoms with van der Waals surface area (Å²) in [6, 6.07) is 6.14. The number of sulfonamides is 1. The largest absolute Gasteiger partial charge is 0.497 e. The van der Waals surface area contributed by atoms with Crippen molar-refractivity contribution in [1.82, 2.24) is 9.21 Å². The predicted octanol–water partition coefficient (Wildman–Crippen LogP) is 1.86. The van der Waals surface area contributed by atoms with Gasteiger partial charge < -0.3 is 14.7 Å². The van der Waals surface area contributed by atoms with Gasteiger partial charge in [0.05, 0.1) is 30.1 Å². The Morgan fingerprint density at radius 2 is 1.82 bits per heavy atom. The molecule has 1 aromatic rings. The third-order valence-corrected chi connectivity index (χ3v) is 7.85. The highest BCUT2D eigenvalue weighted by atomic mass is 32.2. The van der Waals surface area contributed by atoms with E-state index in [9.17, 15) is 18.3 Å². The van der Waals surface area contributed by atoms with Gasteiger partial charge in [-0.25, -0.2) is 8.42 Å². The first kappa shape index (κ1) is 21.1. The average Bonchev–Trinajstić information content (AvgIpc) is 2.73. The Morgan fingerprint density at radius 1 is 1.14 bits per heavy atom. The van der Waals surface area contributed by atoms with Crippen molar-refractivity contribution in [2.75, 3.05) is 27.2 Å². The first-order valence-corrected chi connectivity index (χ1v) is 11.4. The van der Waals surface area contributed by atoms with Crippen LogP contribution in [0.2, 0.25) is 0 Å². The van der Waals surface area contributed by atoms with Crippen molar-refractivity contribution in [1.29, 1.82) is 0 Å². The summed E-state index contributed by atoms with van der Waals surface area (Å²) in [4.78, 5) is 14.9. The lowest BCUT2D eigenvalue weighted by molar-refractivity contribution is -0.140. The highest BCUT2D eigenvalue weighted by Crippen LogP contribution is 2.28. The molecule has 0 aromatic heterocycles. The summed E-state index contributed by atoms with van der Waals surface area (Å²) in [7, 11) is -0.391. The van der Waals surface area contributed by atoms with E-state index < -0.39 is 16.1 Å². The zero-order chi connectivity index (χ0) is 20.3. The summed E-state index contributed by atoms with van der Waals surface area (Å²) in [5.41, 5.74) is 0. The lowest BCUT2D eigenvalue weighted by Crippen LogP contribution is -2.51. The van der Waals surface area contributed by atoms with E-state index in [4.69, 9.17) is 4.74 Å². The molecule has 1 aliphatic heterocycles. The molecule has 8 heteroatoms. The fourth-order valence-electron chi connectivity index (χ4n) is 4.25. The van der Waals surface area contributed by atoms with E-state index in [2.05, 4.69) is 0 Å². The van der Waals surface area contributed by atoms with Gasteiger partial charge in [0.15, 0.2) is 0 Å². The monoisotopic (exact) mass is 410 g/mol. The van der Waals surface area contributed by atoms with E-state index in [1.165, 1.54) is 23.5 Å². The van der Waals surface area contributed by atoms with Gasteiger partial charge in [-0.1, -0.05) is 12.8 Å². The quantitative estimate of drug-likeness (QED) is 0.801. The van der Waals surface area contributed by atoms with E-state index in [-0.39, 0.29) is 29.3 Å². The highest BCUT2D eigenvalue weighted by molar-refractivity contribution is 7.89. The van der Waals surface area contributed by atoms with Crippen molar-refractivity contribution in [3.8, 4) is 5.75 Å². The van der Waals surface area contributed by atoms with E-state index >= 15 is 0 Å². The number of piperidine rings is 1. The molecule has 0 unspecified atom stereocenters. The number of carbonyl (C=O) groups is 1. The number of rotatable bonds is 5. The molecule has 0 spiro atoms. The van der Waals surface area contributed by atoms with Gasteiger partial charge in [0.25, 0.3) is 0 Å². The summed E-state index contributed by atoms with van der Waals surface area (Å²) in [6.45, 7) is 0.592. The van der Waals surface area contributed by atoms with Crippen LogP contribution in [0, 0.1) is 5.92 Å². The second-order valence-electron chi connectivity index (χ2n) is 7.75. The maximum Gasteiger partial charge on any atom is 0.243 e. The lowest BCUT2D eigenvalue weighted by atomic mass is 9.90. The molecule has 0 radical (unpaired) electrons. The molecule has 156 valence electrons. The summed E-state index contributed by atoms with van der Waals surface area (Å²) in [5.74, 6) is 0.153. The van der Waals surface area contributed by atoms with Gasteiger partial charge in [-0.2, -0.15) is 4.31 Å². The number of hydrogen-bond acceptors (Lipinski definition) is 5. The number of likely N-dealkylation sites (N-methyl/N-ethyl adjacent to an activating group) is 1. The van der Waals surface area contributed by atoms with E-state index in [0.717, 1.165) is 19.3 Å². The molecule has 3 rings (SSSR count). The topological polar surface area (TPSA) is 87.2 Å². The third kappa shape index (κ3) is 4.34. The molecule has 7 nitrogen and oxygen atoms in total. The predicted molar refractivity (Wildman–Crippen MR) is 106 cm³/mol. The van der Waals surface area contributed by atoms with Crippen LogP contribution in [0.3, 0.4) is 0 Å². The number of ether oxygens (including phenoxy) is 1. The van der Waals surface area contributed by atoms with Gasteiger partial charge >= 0.3 is 0 Å². The van der Waals surface area contributed by atoms with Crippen LogP contribution >= 0.6 is 0 Å². The number of aliphatic hydroxyl groups excluding tert-OH is 1.